The SMILES string of the molecule is CCC(NS(=O)(=O)c1cccc(Cc2c(C)c3ccc(OC(=O)N(C)C)cc3oc2=O)c1)N(C)C. The van der Waals surface area contributed by atoms with E-state index in [1.807, 2.05) is 27.9 Å². The van der Waals surface area contributed by atoms with Crippen LogP contribution in [0.15, 0.2) is 56.6 Å². The van der Waals surface area contributed by atoms with Gasteiger partial charge in [0, 0.05) is 37.5 Å². The molecule has 1 atom stereocenters. The molecule has 0 aliphatic heterocycles. The minimum Gasteiger partial charge on any atom is -0.422 e. The van der Waals surface area contributed by atoms with E-state index in [1.54, 1.807) is 49.3 Å². The van der Waals surface area contributed by atoms with E-state index >= 15 is 0 Å². The van der Waals surface area contributed by atoms with Crippen molar-refractivity contribution in [2.75, 3.05) is 28.2 Å². The summed E-state index contributed by atoms with van der Waals surface area (Å²) >= 11 is 0. The minimum atomic E-state index is -3.75. The summed E-state index contributed by atoms with van der Waals surface area (Å²) in [5, 5.41) is 0.700. The lowest BCUT2D eigenvalue weighted by atomic mass is 9.99. The number of carbonyl (C=O) groups excluding carboxylic acids is 1. The summed E-state index contributed by atoms with van der Waals surface area (Å²) in [4.78, 5) is 27.9. The Morgan fingerprint density at radius 1 is 1.11 bits per heavy atom. The lowest BCUT2D eigenvalue weighted by molar-refractivity contribution is 0.172. The number of nitrogens with zero attached hydrogens (tertiary/aromatic N) is 2. The number of hydrogen-bond donors (Lipinski definition) is 1. The Bertz CT molecular complexity index is 1400. The Hall–Kier alpha value is -3.21. The Balaban J connectivity index is 1.92. The second kappa shape index (κ2) is 10.6. The second-order valence-electron chi connectivity index (χ2n) is 8.75. The third kappa shape index (κ3) is 6.08. The first-order valence-corrected chi connectivity index (χ1v) is 12.6. The fourth-order valence-electron chi connectivity index (χ4n) is 3.66. The molecule has 3 aromatic rings. The number of nitrogens with one attached hydrogen (secondary N) is 1. The first-order chi connectivity index (χ1) is 16.4. The molecule has 9 nitrogen and oxygen atoms in total. The normalized spacial score (nSPS) is 12.7. The summed E-state index contributed by atoms with van der Waals surface area (Å²) in [6.07, 6.45) is -0.0600. The lowest BCUT2D eigenvalue weighted by Gasteiger charge is -2.23. The minimum absolute atomic E-state index is 0.130. The van der Waals surface area contributed by atoms with Crippen LogP contribution in [0.3, 0.4) is 0 Å². The van der Waals surface area contributed by atoms with Crippen LogP contribution in [0, 0.1) is 6.92 Å². The third-order valence-electron chi connectivity index (χ3n) is 5.72. The average Bonchev–Trinajstić information content (AvgIpc) is 2.80. The van der Waals surface area contributed by atoms with E-state index in [-0.39, 0.29) is 23.2 Å². The zero-order chi connectivity index (χ0) is 25.9. The van der Waals surface area contributed by atoms with E-state index in [0.29, 0.717) is 34.1 Å². The average molecular weight is 502 g/mol. The van der Waals surface area contributed by atoms with Gasteiger partial charge >= 0.3 is 11.7 Å². The molecule has 3 rings (SSSR count). The van der Waals surface area contributed by atoms with Gasteiger partial charge in [0.2, 0.25) is 10.0 Å². The van der Waals surface area contributed by atoms with Crippen molar-refractivity contribution in [3.63, 3.8) is 0 Å². The fourth-order valence-corrected chi connectivity index (χ4v) is 5.10. The molecular formula is C25H31N3O6S. The molecule has 0 spiro atoms. The molecular weight excluding hydrogens is 470 g/mol. The molecule has 0 aliphatic carbocycles. The predicted molar refractivity (Wildman–Crippen MR) is 134 cm³/mol. The summed E-state index contributed by atoms with van der Waals surface area (Å²) in [7, 11) is 3.01. The molecule has 1 heterocycles. The van der Waals surface area contributed by atoms with E-state index in [2.05, 4.69) is 4.72 Å². The van der Waals surface area contributed by atoms with E-state index in [4.69, 9.17) is 9.15 Å². The molecule has 0 aliphatic rings. The van der Waals surface area contributed by atoms with Gasteiger partial charge in [-0.3, -0.25) is 4.90 Å². The van der Waals surface area contributed by atoms with E-state index < -0.39 is 21.7 Å². The molecule has 1 unspecified atom stereocenters. The highest BCUT2D eigenvalue weighted by molar-refractivity contribution is 7.89. The molecule has 0 fully saturated rings. The van der Waals surface area contributed by atoms with Crippen LogP contribution < -0.4 is 15.1 Å². The molecule has 1 N–H and O–H groups in total. The highest BCUT2D eigenvalue weighted by atomic mass is 32.2. The molecule has 0 saturated carbocycles. The highest BCUT2D eigenvalue weighted by Crippen LogP contribution is 2.26. The van der Waals surface area contributed by atoms with Gasteiger partial charge in [0.25, 0.3) is 0 Å². The van der Waals surface area contributed by atoms with Crippen molar-refractivity contribution in [3.05, 3.63) is 69.6 Å². The van der Waals surface area contributed by atoms with Gasteiger partial charge in [-0.1, -0.05) is 19.1 Å². The van der Waals surface area contributed by atoms with Crippen LogP contribution in [0.2, 0.25) is 0 Å². The van der Waals surface area contributed by atoms with Crippen molar-refractivity contribution in [1.29, 1.82) is 0 Å². The second-order valence-corrected chi connectivity index (χ2v) is 10.5. The fraction of sp³-hybridized carbons (Fsp3) is 0.360. The smallest absolute Gasteiger partial charge is 0.414 e. The van der Waals surface area contributed by atoms with Crippen LogP contribution in [-0.2, 0) is 16.4 Å². The molecule has 10 heteroatoms. The van der Waals surface area contributed by atoms with Gasteiger partial charge in [-0.15, -0.1) is 0 Å². The highest BCUT2D eigenvalue weighted by Gasteiger charge is 2.21. The monoisotopic (exact) mass is 501 g/mol. The number of ether oxygens (including phenoxy) is 1. The van der Waals surface area contributed by atoms with Crippen molar-refractivity contribution in [2.24, 2.45) is 0 Å². The topological polar surface area (TPSA) is 109 Å². The van der Waals surface area contributed by atoms with Gasteiger partial charge in [-0.2, -0.15) is 4.72 Å². The summed E-state index contributed by atoms with van der Waals surface area (Å²) in [6, 6.07) is 11.4. The predicted octanol–water partition coefficient (Wildman–Crippen LogP) is 3.33. The Morgan fingerprint density at radius 3 is 2.46 bits per heavy atom. The van der Waals surface area contributed by atoms with Gasteiger partial charge in [0.05, 0.1) is 11.1 Å². The Kier molecular flexibility index (Phi) is 7.99. The third-order valence-corrected chi connectivity index (χ3v) is 7.18. The van der Waals surface area contributed by atoms with Crippen LogP contribution >= 0.6 is 0 Å². The largest absolute Gasteiger partial charge is 0.422 e. The molecule has 35 heavy (non-hydrogen) atoms. The molecule has 1 aromatic heterocycles. The van der Waals surface area contributed by atoms with Gasteiger partial charge in [0.15, 0.2) is 0 Å². The van der Waals surface area contributed by atoms with Crippen LogP contribution in [-0.4, -0.2) is 58.7 Å². The summed E-state index contributed by atoms with van der Waals surface area (Å²) in [6.45, 7) is 3.71. The number of rotatable bonds is 8. The van der Waals surface area contributed by atoms with E-state index in [0.717, 1.165) is 0 Å². The van der Waals surface area contributed by atoms with Crippen LogP contribution in [0.1, 0.15) is 30.0 Å². The molecule has 0 radical (unpaired) electrons. The maximum Gasteiger partial charge on any atom is 0.414 e. The number of fused-ring (bicyclic) bond motifs is 1. The van der Waals surface area contributed by atoms with Crippen LogP contribution in [0.25, 0.3) is 11.0 Å². The Labute approximate surface area is 205 Å². The summed E-state index contributed by atoms with van der Waals surface area (Å²) < 4.78 is 39.3. The van der Waals surface area contributed by atoms with Gasteiger partial charge in [-0.05, 0) is 62.8 Å². The van der Waals surface area contributed by atoms with Gasteiger partial charge in [-0.25, -0.2) is 18.0 Å². The quantitative estimate of drug-likeness (QED) is 0.372. The summed E-state index contributed by atoms with van der Waals surface area (Å²) in [5.74, 6) is 0.264. The van der Waals surface area contributed by atoms with Crippen LogP contribution in [0.5, 0.6) is 5.75 Å². The number of carbonyl (C=O) groups is 1. The molecule has 1 amide bonds. The number of aryl methyl sites for hydroxylation is 1. The standard InChI is InChI=1S/C25H31N3O6S/c1-7-23(27(3)4)26-35(31,32)19-10-8-9-17(13-19)14-21-16(2)20-12-11-18(33-25(30)28(5)6)15-22(20)34-24(21)29/h8-13,15,23,26H,7,14H2,1-6H3. The van der Waals surface area contributed by atoms with Crippen molar-refractivity contribution in [3.8, 4) is 5.75 Å². The number of benzene rings is 2. The summed E-state index contributed by atoms with van der Waals surface area (Å²) in [5.41, 5.74) is 1.58. The molecule has 188 valence electrons. The first-order valence-electron chi connectivity index (χ1n) is 11.2. The number of amides is 1. The number of sulfonamides is 1. The van der Waals surface area contributed by atoms with Gasteiger partial charge in [0.1, 0.15) is 11.3 Å². The van der Waals surface area contributed by atoms with Crippen LogP contribution in [0.4, 0.5) is 4.79 Å². The van der Waals surface area contributed by atoms with Crippen molar-refractivity contribution < 1.29 is 22.4 Å². The zero-order valence-corrected chi connectivity index (χ0v) is 21.6. The molecule has 0 saturated heterocycles. The van der Waals surface area contributed by atoms with E-state index in [1.165, 1.54) is 17.0 Å². The maximum atomic E-state index is 12.9. The van der Waals surface area contributed by atoms with E-state index in [9.17, 15) is 18.0 Å². The van der Waals surface area contributed by atoms with Crippen molar-refractivity contribution in [1.82, 2.24) is 14.5 Å². The first kappa shape index (κ1) is 26.4. The van der Waals surface area contributed by atoms with Gasteiger partial charge < -0.3 is 14.1 Å². The number of hydrogen-bond acceptors (Lipinski definition) is 7. The zero-order valence-electron chi connectivity index (χ0n) is 20.8. The maximum absolute atomic E-state index is 12.9. The lowest BCUT2D eigenvalue weighted by Crippen LogP contribution is -2.44. The molecule has 0 bridgehead atoms. The van der Waals surface area contributed by atoms with Crippen molar-refractivity contribution in [2.45, 2.75) is 37.8 Å². The van der Waals surface area contributed by atoms with Crippen molar-refractivity contribution >= 4 is 27.1 Å². The Morgan fingerprint density at radius 2 is 1.83 bits per heavy atom. The molecule has 2 aromatic carbocycles.